The largest absolute Gasteiger partial charge is 0.468 e. The highest BCUT2D eigenvalue weighted by Gasteiger charge is 2.44. The number of fused-ring (bicyclic) bond motifs is 1. The fourth-order valence-corrected chi connectivity index (χ4v) is 6.50. The summed E-state index contributed by atoms with van der Waals surface area (Å²) in [4.78, 5) is 43.9. The van der Waals surface area contributed by atoms with Crippen molar-refractivity contribution >= 4 is 18.0 Å². The number of ether oxygens (including phenoxy) is 4. The number of alkyl halides is 3. The minimum atomic E-state index is -4.54. The van der Waals surface area contributed by atoms with Gasteiger partial charge < -0.3 is 29.4 Å². The molecule has 5 rings (SSSR count). The van der Waals surface area contributed by atoms with Crippen molar-refractivity contribution in [2.24, 2.45) is 17.3 Å². The molecule has 53 heavy (non-hydrogen) atoms. The van der Waals surface area contributed by atoms with Gasteiger partial charge >= 0.3 is 18.2 Å². The number of hydrazine groups is 1. The van der Waals surface area contributed by atoms with Gasteiger partial charge in [-0.3, -0.25) is 20.0 Å². The Morgan fingerprint density at radius 1 is 1.00 bits per heavy atom. The molecule has 12 nitrogen and oxygen atoms in total. The third kappa shape index (κ3) is 10.5. The summed E-state index contributed by atoms with van der Waals surface area (Å²) >= 11 is 0. The molecule has 2 aliphatic rings. The highest BCUT2D eigenvalue weighted by molar-refractivity contribution is 5.98. The first kappa shape index (κ1) is 39.6. The Balaban J connectivity index is 1.39. The van der Waals surface area contributed by atoms with Crippen molar-refractivity contribution in [3.8, 4) is 11.1 Å². The molecular weight excluding hydrogens is 697 g/mol. The second-order valence-electron chi connectivity index (χ2n) is 14.3. The minimum Gasteiger partial charge on any atom is -0.468 e. The van der Waals surface area contributed by atoms with Crippen molar-refractivity contribution in [2.45, 2.75) is 70.9 Å². The maximum atomic E-state index is 13.7. The van der Waals surface area contributed by atoms with E-state index in [4.69, 9.17) is 18.9 Å². The first-order valence-electron chi connectivity index (χ1n) is 17.3. The molecule has 2 aliphatic heterocycles. The number of hydrogen-bond donors (Lipinski definition) is 3. The van der Waals surface area contributed by atoms with E-state index in [0.717, 1.165) is 28.8 Å². The molecule has 0 saturated carbocycles. The van der Waals surface area contributed by atoms with E-state index in [1.165, 1.54) is 24.3 Å². The Hall–Kier alpha value is -4.57. The molecule has 3 aromatic rings. The molecule has 3 heterocycles. The SMILES string of the molecule is COC(=O)C(C(=O)NC(Cc1ccc(-c2cccnc2)cc1)C(O)CN(Cc1ccc(C(F)(F)F)cc1)NC(=O)OC1COC2OCCC12)C(C)(C)C. The van der Waals surface area contributed by atoms with Gasteiger partial charge in [0.25, 0.3) is 0 Å². The molecule has 6 unspecified atom stereocenters. The van der Waals surface area contributed by atoms with Gasteiger partial charge in [0.15, 0.2) is 6.29 Å². The molecule has 0 radical (unpaired) electrons. The number of nitrogens with one attached hydrogen (secondary N) is 2. The Morgan fingerprint density at radius 3 is 2.32 bits per heavy atom. The van der Waals surface area contributed by atoms with Gasteiger partial charge in [0.2, 0.25) is 5.91 Å². The van der Waals surface area contributed by atoms with Crippen molar-refractivity contribution in [1.29, 1.82) is 0 Å². The standard InChI is InChI=1S/C38H45F3N4O8/c1-37(2,3)32(34(48)50-4)33(47)43-29(18-23-7-11-25(12-8-23)26-6-5-16-42-19-26)30(46)21-45(20-24-9-13-27(14-10-24)38(39,40)41)44-36(49)53-31-22-52-35-28(31)15-17-51-35/h5-14,16,19,28-32,35,46H,15,17-18,20-22H2,1-4H3,(H,43,47)(H,44,49). The van der Waals surface area contributed by atoms with E-state index >= 15 is 0 Å². The lowest BCUT2D eigenvalue weighted by Gasteiger charge is -2.33. The van der Waals surface area contributed by atoms with Crippen LogP contribution in [0, 0.1) is 17.3 Å². The number of methoxy groups -OCH3 is 1. The van der Waals surface area contributed by atoms with Crippen molar-refractivity contribution in [3.05, 3.63) is 89.7 Å². The molecule has 2 saturated heterocycles. The number of aliphatic hydroxyl groups is 1. The molecule has 286 valence electrons. The van der Waals surface area contributed by atoms with E-state index in [-0.39, 0.29) is 32.0 Å². The summed E-state index contributed by atoms with van der Waals surface area (Å²) in [6, 6.07) is 14.6. The fraction of sp³-hybridized carbons (Fsp3) is 0.474. The second-order valence-corrected chi connectivity index (χ2v) is 14.3. The van der Waals surface area contributed by atoms with Crippen LogP contribution >= 0.6 is 0 Å². The number of carbonyl (C=O) groups excluding carboxylic acids is 3. The molecule has 3 N–H and O–H groups in total. The van der Waals surface area contributed by atoms with Crippen LogP contribution in [0.5, 0.6) is 0 Å². The topological polar surface area (TPSA) is 149 Å². The predicted molar refractivity (Wildman–Crippen MR) is 185 cm³/mol. The second kappa shape index (κ2) is 17.1. The zero-order valence-electron chi connectivity index (χ0n) is 30.0. The average molecular weight is 743 g/mol. The van der Waals surface area contributed by atoms with Gasteiger partial charge in [-0.15, -0.1) is 0 Å². The molecule has 1 aromatic heterocycles. The van der Waals surface area contributed by atoms with Crippen molar-refractivity contribution < 1.29 is 51.6 Å². The number of hydrogen-bond acceptors (Lipinski definition) is 10. The molecule has 0 bridgehead atoms. The summed E-state index contributed by atoms with van der Waals surface area (Å²) in [6.45, 7) is 5.31. The van der Waals surface area contributed by atoms with Gasteiger partial charge in [-0.2, -0.15) is 13.2 Å². The van der Waals surface area contributed by atoms with Gasteiger partial charge in [0.1, 0.15) is 12.0 Å². The molecule has 15 heteroatoms. The third-order valence-electron chi connectivity index (χ3n) is 9.32. The molecule has 2 amide bonds. The van der Waals surface area contributed by atoms with Crippen molar-refractivity contribution in [1.82, 2.24) is 20.7 Å². The Kier molecular flexibility index (Phi) is 12.8. The van der Waals surface area contributed by atoms with Crippen LogP contribution in [0.2, 0.25) is 0 Å². The van der Waals surface area contributed by atoms with E-state index in [2.05, 4.69) is 15.7 Å². The number of halogens is 3. The molecule has 0 aliphatic carbocycles. The van der Waals surface area contributed by atoms with Crippen LogP contribution in [-0.4, -0.2) is 84.5 Å². The summed E-state index contributed by atoms with van der Waals surface area (Å²) < 4.78 is 61.6. The molecule has 0 spiro atoms. The fourth-order valence-electron chi connectivity index (χ4n) is 6.50. The van der Waals surface area contributed by atoms with Crippen LogP contribution < -0.4 is 10.7 Å². The summed E-state index contributed by atoms with van der Waals surface area (Å²) in [7, 11) is 1.19. The van der Waals surface area contributed by atoms with Crippen molar-refractivity contribution in [2.75, 3.05) is 26.9 Å². The predicted octanol–water partition coefficient (Wildman–Crippen LogP) is 4.90. The van der Waals surface area contributed by atoms with E-state index in [0.29, 0.717) is 18.6 Å². The molecule has 2 aromatic carbocycles. The van der Waals surface area contributed by atoms with E-state index in [1.54, 1.807) is 33.2 Å². The summed E-state index contributed by atoms with van der Waals surface area (Å²) in [5, 5.41) is 15.9. The first-order valence-corrected chi connectivity index (χ1v) is 17.3. The minimum absolute atomic E-state index is 0.110. The number of aromatic nitrogens is 1. The Bertz CT molecular complexity index is 1690. The van der Waals surface area contributed by atoms with Crippen LogP contribution in [-0.2, 0) is 47.7 Å². The summed E-state index contributed by atoms with van der Waals surface area (Å²) in [6.07, 6.45) is -3.70. The maximum absolute atomic E-state index is 13.7. The number of pyridine rings is 1. The van der Waals surface area contributed by atoms with Crippen LogP contribution in [0.3, 0.4) is 0 Å². The van der Waals surface area contributed by atoms with Gasteiger partial charge in [-0.25, -0.2) is 9.80 Å². The number of carbonyl (C=O) groups is 3. The lowest BCUT2D eigenvalue weighted by Crippen LogP contribution is -2.55. The third-order valence-corrected chi connectivity index (χ3v) is 9.32. The molecular formula is C38H45F3N4O8. The van der Waals surface area contributed by atoms with Crippen LogP contribution in [0.4, 0.5) is 18.0 Å². The monoisotopic (exact) mass is 742 g/mol. The zero-order valence-corrected chi connectivity index (χ0v) is 30.0. The lowest BCUT2D eigenvalue weighted by atomic mass is 9.80. The smallest absolute Gasteiger partial charge is 0.422 e. The lowest BCUT2D eigenvalue weighted by molar-refractivity contribution is -0.155. The molecule has 6 atom stereocenters. The summed E-state index contributed by atoms with van der Waals surface area (Å²) in [5.74, 6) is -2.78. The maximum Gasteiger partial charge on any atom is 0.422 e. The number of benzene rings is 2. The highest BCUT2D eigenvalue weighted by Crippen LogP contribution is 2.33. The van der Waals surface area contributed by atoms with Gasteiger partial charge in [0, 0.05) is 25.5 Å². The Labute approximate surface area is 305 Å². The van der Waals surface area contributed by atoms with Crippen LogP contribution in [0.1, 0.15) is 43.9 Å². The van der Waals surface area contributed by atoms with Crippen LogP contribution in [0.25, 0.3) is 11.1 Å². The molecule has 2 fully saturated rings. The van der Waals surface area contributed by atoms with Gasteiger partial charge in [-0.05, 0) is 58.7 Å². The number of rotatable bonds is 13. The average Bonchev–Trinajstić information content (AvgIpc) is 3.73. The number of nitrogens with zero attached hydrogens (tertiary/aromatic N) is 2. The van der Waals surface area contributed by atoms with E-state index < -0.39 is 65.6 Å². The van der Waals surface area contributed by atoms with E-state index in [1.807, 2.05) is 36.4 Å². The zero-order chi connectivity index (χ0) is 38.3. The van der Waals surface area contributed by atoms with Crippen LogP contribution in [0.15, 0.2) is 73.1 Å². The first-order chi connectivity index (χ1) is 25.1. The van der Waals surface area contributed by atoms with E-state index in [9.17, 15) is 32.7 Å². The quantitative estimate of drug-likeness (QED) is 0.126. The Morgan fingerprint density at radius 2 is 1.70 bits per heavy atom. The number of aliphatic hydroxyl groups excluding tert-OH is 1. The van der Waals surface area contributed by atoms with Gasteiger partial charge in [-0.1, -0.05) is 63.2 Å². The normalized spacial score (nSPS) is 20.3. The number of esters is 1. The van der Waals surface area contributed by atoms with Crippen molar-refractivity contribution in [3.63, 3.8) is 0 Å². The highest BCUT2D eigenvalue weighted by atomic mass is 19.4. The summed E-state index contributed by atoms with van der Waals surface area (Å²) in [5.41, 5.74) is 3.86. The number of amides is 2. The van der Waals surface area contributed by atoms with Gasteiger partial charge in [0.05, 0.1) is 44.0 Å².